The summed E-state index contributed by atoms with van der Waals surface area (Å²) >= 11 is 5.46. The quantitative estimate of drug-likeness (QED) is 0.667. The van der Waals surface area contributed by atoms with Crippen LogP contribution in [0.5, 0.6) is 0 Å². The van der Waals surface area contributed by atoms with Crippen molar-refractivity contribution in [1.29, 1.82) is 0 Å². The number of halogens is 1. The summed E-state index contributed by atoms with van der Waals surface area (Å²) < 4.78 is 0. The summed E-state index contributed by atoms with van der Waals surface area (Å²) in [4.78, 5) is 24.7. The zero-order valence-electron chi connectivity index (χ0n) is 6.32. The average molecular weight is 201 g/mol. The van der Waals surface area contributed by atoms with E-state index in [1.807, 2.05) is 0 Å². The minimum atomic E-state index is -1.40. The molecule has 1 rings (SSSR count). The Bertz CT molecular complexity index is 336. The highest BCUT2D eigenvalue weighted by Crippen LogP contribution is 2.04. The SMILES string of the molecule is O=C(O)NC(=O)c1ccc(Cl)nc1. The van der Waals surface area contributed by atoms with Crippen LogP contribution in [-0.4, -0.2) is 22.1 Å². The van der Waals surface area contributed by atoms with E-state index in [1.165, 1.54) is 18.3 Å². The molecule has 0 saturated carbocycles. The number of carboxylic acid groups (broad SMARTS) is 1. The highest BCUT2D eigenvalue weighted by atomic mass is 35.5. The van der Waals surface area contributed by atoms with Crippen molar-refractivity contribution in [3.8, 4) is 0 Å². The standard InChI is InChI=1S/C7H5ClN2O3/c8-5-2-1-4(3-9-5)6(11)10-7(12)13/h1-3H,(H,10,11)(H,12,13). The lowest BCUT2D eigenvalue weighted by molar-refractivity contribution is 0.0947. The molecule has 0 atom stereocenters. The molecule has 1 aromatic heterocycles. The maximum atomic E-state index is 11.0. The van der Waals surface area contributed by atoms with Gasteiger partial charge in [0.15, 0.2) is 0 Å². The molecule has 1 aromatic rings. The number of rotatable bonds is 1. The van der Waals surface area contributed by atoms with Crippen LogP contribution in [-0.2, 0) is 0 Å². The monoisotopic (exact) mass is 200 g/mol. The van der Waals surface area contributed by atoms with E-state index in [0.29, 0.717) is 0 Å². The molecule has 0 unspecified atom stereocenters. The number of aromatic nitrogens is 1. The zero-order chi connectivity index (χ0) is 9.84. The summed E-state index contributed by atoms with van der Waals surface area (Å²) in [7, 11) is 0. The predicted molar refractivity (Wildman–Crippen MR) is 44.7 cm³/mol. The topological polar surface area (TPSA) is 79.3 Å². The fourth-order valence-corrected chi connectivity index (χ4v) is 0.791. The van der Waals surface area contributed by atoms with Gasteiger partial charge >= 0.3 is 6.09 Å². The molecule has 0 fully saturated rings. The summed E-state index contributed by atoms with van der Waals surface area (Å²) in [6, 6.07) is 2.78. The van der Waals surface area contributed by atoms with Crippen molar-refractivity contribution in [3.63, 3.8) is 0 Å². The molecule has 1 heterocycles. The first-order chi connectivity index (χ1) is 6.09. The minimum absolute atomic E-state index is 0.145. The van der Waals surface area contributed by atoms with Gasteiger partial charge in [0.1, 0.15) is 5.15 Å². The van der Waals surface area contributed by atoms with Gasteiger partial charge in [-0.3, -0.25) is 10.1 Å². The minimum Gasteiger partial charge on any atom is -0.465 e. The van der Waals surface area contributed by atoms with E-state index < -0.39 is 12.0 Å². The highest BCUT2D eigenvalue weighted by molar-refractivity contribution is 6.29. The van der Waals surface area contributed by atoms with Crippen molar-refractivity contribution in [2.45, 2.75) is 0 Å². The molecule has 0 aliphatic carbocycles. The van der Waals surface area contributed by atoms with Gasteiger partial charge in [0.2, 0.25) is 0 Å². The first-order valence-electron chi connectivity index (χ1n) is 3.25. The molecule has 13 heavy (non-hydrogen) atoms. The van der Waals surface area contributed by atoms with Gasteiger partial charge in [0.05, 0.1) is 5.56 Å². The van der Waals surface area contributed by atoms with E-state index in [1.54, 1.807) is 5.32 Å². The molecule has 0 bridgehead atoms. The number of hydrogen-bond donors (Lipinski definition) is 2. The molecule has 0 aliphatic rings. The summed E-state index contributed by atoms with van der Waals surface area (Å²) in [6.07, 6.45) is -0.208. The van der Waals surface area contributed by atoms with E-state index >= 15 is 0 Å². The Morgan fingerprint density at radius 2 is 2.15 bits per heavy atom. The van der Waals surface area contributed by atoms with Gasteiger partial charge in [-0.05, 0) is 12.1 Å². The van der Waals surface area contributed by atoms with Crippen molar-refractivity contribution in [3.05, 3.63) is 29.0 Å². The van der Waals surface area contributed by atoms with Crippen molar-refractivity contribution in [2.24, 2.45) is 0 Å². The Kier molecular flexibility index (Phi) is 2.81. The van der Waals surface area contributed by atoms with Gasteiger partial charge < -0.3 is 5.11 Å². The summed E-state index contributed by atoms with van der Waals surface area (Å²) in [5.41, 5.74) is 0.145. The number of hydrogen-bond acceptors (Lipinski definition) is 3. The number of amides is 2. The highest BCUT2D eigenvalue weighted by Gasteiger charge is 2.08. The summed E-state index contributed by atoms with van der Waals surface area (Å²) in [5.74, 6) is -0.725. The molecular formula is C7H5ClN2O3. The van der Waals surface area contributed by atoms with Crippen LogP contribution in [0.3, 0.4) is 0 Å². The average Bonchev–Trinajstić information content (AvgIpc) is 2.04. The second-order valence-corrected chi connectivity index (χ2v) is 2.52. The Balaban J connectivity index is 2.78. The molecule has 0 radical (unpaired) electrons. The molecule has 0 aromatic carbocycles. The van der Waals surface area contributed by atoms with E-state index in [2.05, 4.69) is 4.98 Å². The van der Waals surface area contributed by atoms with Crippen LogP contribution in [0, 0.1) is 0 Å². The number of carbonyl (C=O) groups is 2. The Labute approximate surface area is 78.4 Å². The third-order valence-electron chi connectivity index (χ3n) is 1.21. The summed E-state index contributed by atoms with van der Waals surface area (Å²) in [5, 5.41) is 10.1. The van der Waals surface area contributed by atoms with Gasteiger partial charge in [0, 0.05) is 6.20 Å². The van der Waals surface area contributed by atoms with Gasteiger partial charge in [-0.1, -0.05) is 11.6 Å². The molecule has 2 N–H and O–H groups in total. The largest absolute Gasteiger partial charge is 0.465 e. The normalized spacial score (nSPS) is 9.31. The Morgan fingerprint density at radius 1 is 1.46 bits per heavy atom. The molecule has 0 spiro atoms. The molecule has 5 nitrogen and oxygen atoms in total. The molecule has 0 saturated heterocycles. The van der Waals surface area contributed by atoms with Crippen LogP contribution in [0.25, 0.3) is 0 Å². The number of nitrogens with zero attached hydrogens (tertiary/aromatic N) is 1. The van der Waals surface area contributed by atoms with Crippen molar-refractivity contribution in [2.75, 3.05) is 0 Å². The smallest absolute Gasteiger partial charge is 0.411 e. The Hall–Kier alpha value is -1.62. The lowest BCUT2D eigenvalue weighted by Gasteiger charge is -1.98. The molecule has 6 heteroatoms. The van der Waals surface area contributed by atoms with Crippen molar-refractivity contribution < 1.29 is 14.7 Å². The van der Waals surface area contributed by atoms with Crippen LogP contribution < -0.4 is 5.32 Å². The lowest BCUT2D eigenvalue weighted by atomic mass is 10.3. The maximum absolute atomic E-state index is 11.0. The van der Waals surface area contributed by atoms with E-state index in [0.717, 1.165) is 0 Å². The fraction of sp³-hybridized carbons (Fsp3) is 0. The van der Waals surface area contributed by atoms with Gasteiger partial charge in [-0.2, -0.15) is 0 Å². The van der Waals surface area contributed by atoms with Crippen LogP contribution >= 0.6 is 11.6 Å². The first kappa shape index (κ1) is 9.47. The molecule has 0 aliphatic heterocycles. The van der Waals surface area contributed by atoms with Crippen LogP contribution in [0.15, 0.2) is 18.3 Å². The van der Waals surface area contributed by atoms with E-state index in [9.17, 15) is 9.59 Å². The number of pyridine rings is 1. The third-order valence-corrected chi connectivity index (χ3v) is 1.43. The lowest BCUT2D eigenvalue weighted by Crippen LogP contribution is -2.28. The molecular weight excluding hydrogens is 196 g/mol. The molecule has 2 amide bonds. The fourth-order valence-electron chi connectivity index (χ4n) is 0.679. The molecule has 68 valence electrons. The maximum Gasteiger partial charge on any atom is 0.411 e. The summed E-state index contributed by atoms with van der Waals surface area (Å²) in [6.45, 7) is 0. The van der Waals surface area contributed by atoms with Gasteiger partial charge in [-0.15, -0.1) is 0 Å². The van der Waals surface area contributed by atoms with Crippen LogP contribution in [0.4, 0.5) is 4.79 Å². The van der Waals surface area contributed by atoms with Crippen LogP contribution in [0.1, 0.15) is 10.4 Å². The second-order valence-electron chi connectivity index (χ2n) is 2.13. The van der Waals surface area contributed by atoms with E-state index in [-0.39, 0.29) is 10.7 Å². The first-order valence-corrected chi connectivity index (χ1v) is 3.63. The van der Waals surface area contributed by atoms with Gasteiger partial charge in [0.25, 0.3) is 5.91 Å². The number of carbonyl (C=O) groups excluding carboxylic acids is 1. The third kappa shape index (κ3) is 2.72. The van der Waals surface area contributed by atoms with Gasteiger partial charge in [-0.25, -0.2) is 9.78 Å². The predicted octanol–water partition coefficient (Wildman–Crippen LogP) is 1.14. The second kappa shape index (κ2) is 3.86. The van der Waals surface area contributed by atoms with Crippen molar-refractivity contribution in [1.82, 2.24) is 10.3 Å². The van der Waals surface area contributed by atoms with Crippen molar-refractivity contribution >= 4 is 23.6 Å². The van der Waals surface area contributed by atoms with Crippen LogP contribution in [0.2, 0.25) is 5.15 Å². The number of nitrogens with one attached hydrogen (secondary N) is 1. The zero-order valence-corrected chi connectivity index (χ0v) is 7.08. The number of imide groups is 1. The Morgan fingerprint density at radius 3 is 2.62 bits per heavy atom. The van der Waals surface area contributed by atoms with E-state index in [4.69, 9.17) is 16.7 Å².